The van der Waals surface area contributed by atoms with Crippen LogP contribution in [0.3, 0.4) is 0 Å². The maximum absolute atomic E-state index is 13.1. The van der Waals surface area contributed by atoms with E-state index in [9.17, 15) is 4.79 Å². The number of carbonyl (C=O) groups is 1. The minimum atomic E-state index is -0.0607. The van der Waals surface area contributed by atoms with Gasteiger partial charge < -0.3 is 10.6 Å². The number of nitrogens with two attached hydrogens (primary N) is 1. The minimum absolute atomic E-state index is 0. The van der Waals surface area contributed by atoms with Crippen molar-refractivity contribution in [1.29, 1.82) is 0 Å². The van der Waals surface area contributed by atoms with Crippen molar-refractivity contribution in [2.75, 3.05) is 13.1 Å². The summed E-state index contributed by atoms with van der Waals surface area (Å²) in [6.45, 7) is 7.58. The minimum Gasteiger partial charge on any atom is -0.338 e. The number of fused-ring (bicyclic) bond motifs is 1. The SMILES string of the molecule is Cc1cc(C(=O)N2CCC(N)C(C)(C)C2)c2ccc(Br)cc2n1.Cl.Cl. The lowest BCUT2D eigenvalue weighted by molar-refractivity contribution is 0.0534. The summed E-state index contributed by atoms with van der Waals surface area (Å²) in [5.41, 5.74) is 8.56. The molecule has 0 saturated carbocycles. The van der Waals surface area contributed by atoms with Gasteiger partial charge in [-0.05, 0) is 37.0 Å². The molecule has 138 valence electrons. The van der Waals surface area contributed by atoms with Gasteiger partial charge in [0.05, 0.1) is 11.1 Å². The molecule has 25 heavy (non-hydrogen) atoms. The first-order chi connectivity index (χ1) is 10.8. The molecule has 0 aliphatic carbocycles. The number of rotatable bonds is 1. The number of likely N-dealkylation sites (tertiary alicyclic amines) is 1. The highest BCUT2D eigenvalue weighted by atomic mass is 79.9. The lowest BCUT2D eigenvalue weighted by Crippen LogP contribution is -2.54. The smallest absolute Gasteiger partial charge is 0.254 e. The van der Waals surface area contributed by atoms with E-state index in [0.717, 1.165) is 33.1 Å². The molecule has 1 unspecified atom stereocenters. The number of halogens is 3. The number of carbonyl (C=O) groups excluding carboxylic acids is 1. The fourth-order valence-corrected chi connectivity index (χ4v) is 3.58. The van der Waals surface area contributed by atoms with Crippen LogP contribution in [0.15, 0.2) is 28.7 Å². The summed E-state index contributed by atoms with van der Waals surface area (Å²) >= 11 is 3.47. The molecular formula is C18H24BrCl2N3O. The van der Waals surface area contributed by atoms with Crippen LogP contribution in [0.1, 0.15) is 36.3 Å². The highest BCUT2D eigenvalue weighted by Gasteiger charge is 2.36. The van der Waals surface area contributed by atoms with Crippen LogP contribution < -0.4 is 5.73 Å². The van der Waals surface area contributed by atoms with Crippen molar-refractivity contribution < 1.29 is 4.79 Å². The summed E-state index contributed by atoms with van der Waals surface area (Å²) in [5.74, 6) is 0.0720. The molecule has 1 aromatic heterocycles. The molecule has 3 rings (SSSR count). The Kier molecular flexibility index (Phi) is 7.28. The summed E-state index contributed by atoms with van der Waals surface area (Å²) in [6, 6.07) is 7.89. The maximum atomic E-state index is 13.1. The number of piperidine rings is 1. The van der Waals surface area contributed by atoms with E-state index in [1.165, 1.54) is 0 Å². The molecule has 1 aromatic carbocycles. The average Bonchev–Trinajstić information content (AvgIpc) is 2.48. The Morgan fingerprint density at radius 3 is 2.64 bits per heavy atom. The Bertz CT molecular complexity index is 777. The number of aromatic nitrogens is 1. The van der Waals surface area contributed by atoms with Crippen molar-refractivity contribution >= 4 is 57.6 Å². The Morgan fingerprint density at radius 2 is 2.00 bits per heavy atom. The van der Waals surface area contributed by atoms with E-state index in [-0.39, 0.29) is 42.2 Å². The van der Waals surface area contributed by atoms with Crippen LogP contribution in [0.5, 0.6) is 0 Å². The van der Waals surface area contributed by atoms with Crippen molar-refractivity contribution in [3.8, 4) is 0 Å². The molecule has 4 nitrogen and oxygen atoms in total. The third-order valence-corrected chi connectivity index (χ3v) is 5.22. The highest BCUT2D eigenvalue weighted by Crippen LogP contribution is 2.30. The largest absolute Gasteiger partial charge is 0.338 e. The summed E-state index contributed by atoms with van der Waals surface area (Å²) in [7, 11) is 0. The maximum Gasteiger partial charge on any atom is 0.254 e. The van der Waals surface area contributed by atoms with E-state index < -0.39 is 0 Å². The van der Waals surface area contributed by atoms with Gasteiger partial charge in [0.1, 0.15) is 0 Å². The molecule has 0 spiro atoms. The zero-order chi connectivity index (χ0) is 16.8. The number of nitrogens with zero attached hydrogens (tertiary/aromatic N) is 2. The van der Waals surface area contributed by atoms with E-state index in [2.05, 4.69) is 34.8 Å². The molecule has 1 saturated heterocycles. The van der Waals surface area contributed by atoms with Gasteiger partial charge in [-0.1, -0.05) is 35.8 Å². The fraction of sp³-hybridized carbons (Fsp3) is 0.444. The molecule has 0 bridgehead atoms. The second-order valence-electron chi connectivity index (χ2n) is 7.08. The number of pyridine rings is 1. The number of hydrogen-bond donors (Lipinski definition) is 1. The van der Waals surface area contributed by atoms with Gasteiger partial charge in [0, 0.05) is 34.7 Å². The fourth-order valence-electron chi connectivity index (χ4n) is 3.23. The van der Waals surface area contributed by atoms with Crippen molar-refractivity contribution in [2.24, 2.45) is 11.1 Å². The van der Waals surface area contributed by atoms with E-state index in [1.54, 1.807) is 0 Å². The predicted octanol–water partition coefficient (Wildman–Crippen LogP) is 4.35. The molecule has 2 N–H and O–H groups in total. The Hall–Kier alpha value is -0.880. The first-order valence-electron chi connectivity index (χ1n) is 7.90. The predicted molar refractivity (Wildman–Crippen MR) is 111 cm³/mol. The van der Waals surface area contributed by atoms with Crippen LogP contribution >= 0.6 is 40.7 Å². The van der Waals surface area contributed by atoms with Crippen molar-refractivity contribution in [3.63, 3.8) is 0 Å². The number of amides is 1. The normalized spacial score (nSPS) is 19.1. The zero-order valence-corrected chi connectivity index (χ0v) is 17.8. The van der Waals surface area contributed by atoms with E-state index in [1.807, 2.05) is 36.1 Å². The van der Waals surface area contributed by atoms with Gasteiger partial charge in [-0.2, -0.15) is 0 Å². The van der Waals surface area contributed by atoms with Crippen LogP contribution in [-0.2, 0) is 0 Å². The zero-order valence-electron chi connectivity index (χ0n) is 14.6. The second kappa shape index (κ2) is 8.21. The second-order valence-corrected chi connectivity index (χ2v) is 8.00. The van der Waals surface area contributed by atoms with Crippen LogP contribution in [0.2, 0.25) is 0 Å². The van der Waals surface area contributed by atoms with Gasteiger partial charge in [0.15, 0.2) is 0 Å². The number of aryl methyl sites for hydroxylation is 1. The van der Waals surface area contributed by atoms with Crippen LogP contribution in [-0.4, -0.2) is 34.9 Å². The molecule has 1 aliphatic rings. The standard InChI is InChI=1S/C18H22BrN3O.2ClH/c1-11-8-14(13-5-4-12(19)9-15(13)21-11)17(23)22-7-6-16(20)18(2,3)10-22;;/h4-5,8-9,16H,6-7,10,20H2,1-3H3;2*1H. The van der Waals surface area contributed by atoms with Gasteiger partial charge in [0.2, 0.25) is 0 Å². The summed E-state index contributed by atoms with van der Waals surface area (Å²) < 4.78 is 0.964. The van der Waals surface area contributed by atoms with Gasteiger partial charge >= 0.3 is 0 Å². The average molecular weight is 449 g/mol. The van der Waals surface area contributed by atoms with Gasteiger partial charge in [0.25, 0.3) is 5.91 Å². The van der Waals surface area contributed by atoms with Crippen LogP contribution in [0.4, 0.5) is 0 Å². The molecule has 1 fully saturated rings. The molecule has 0 radical (unpaired) electrons. The highest BCUT2D eigenvalue weighted by molar-refractivity contribution is 9.10. The van der Waals surface area contributed by atoms with E-state index in [0.29, 0.717) is 13.1 Å². The van der Waals surface area contributed by atoms with E-state index >= 15 is 0 Å². The van der Waals surface area contributed by atoms with Crippen LogP contribution in [0, 0.1) is 12.3 Å². The lowest BCUT2D eigenvalue weighted by Gasteiger charge is -2.42. The first-order valence-corrected chi connectivity index (χ1v) is 8.69. The van der Waals surface area contributed by atoms with Gasteiger partial charge in [-0.25, -0.2) is 0 Å². The number of hydrogen-bond acceptors (Lipinski definition) is 3. The molecule has 1 aliphatic heterocycles. The monoisotopic (exact) mass is 447 g/mol. The Balaban J connectivity index is 0.00000156. The third-order valence-electron chi connectivity index (χ3n) is 4.73. The molecule has 1 atom stereocenters. The third kappa shape index (κ3) is 4.45. The molecule has 2 heterocycles. The molecular weight excluding hydrogens is 425 g/mol. The Morgan fingerprint density at radius 1 is 1.32 bits per heavy atom. The number of benzene rings is 1. The molecule has 2 aromatic rings. The lowest BCUT2D eigenvalue weighted by atomic mass is 9.79. The quantitative estimate of drug-likeness (QED) is 0.705. The van der Waals surface area contributed by atoms with Gasteiger partial charge in [-0.15, -0.1) is 24.8 Å². The summed E-state index contributed by atoms with van der Waals surface area (Å²) in [5, 5.41) is 0.900. The topological polar surface area (TPSA) is 59.2 Å². The first kappa shape index (κ1) is 22.2. The Labute approximate surface area is 169 Å². The van der Waals surface area contributed by atoms with Gasteiger partial charge in [-0.3, -0.25) is 9.78 Å². The van der Waals surface area contributed by atoms with Crippen LogP contribution in [0.25, 0.3) is 10.9 Å². The summed E-state index contributed by atoms with van der Waals surface area (Å²) in [4.78, 5) is 19.6. The molecule has 7 heteroatoms. The van der Waals surface area contributed by atoms with Crippen molar-refractivity contribution in [2.45, 2.75) is 33.2 Å². The van der Waals surface area contributed by atoms with Crippen molar-refractivity contribution in [1.82, 2.24) is 9.88 Å². The molecule has 1 amide bonds. The van der Waals surface area contributed by atoms with E-state index in [4.69, 9.17) is 5.73 Å². The summed E-state index contributed by atoms with van der Waals surface area (Å²) in [6.07, 6.45) is 0.840. The van der Waals surface area contributed by atoms with Crippen molar-refractivity contribution in [3.05, 3.63) is 40.0 Å².